The van der Waals surface area contributed by atoms with Crippen LogP contribution in [0.2, 0.25) is 0 Å². The quantitative estimate of drug-likeness (QED) is 0.397. The normalized spacial score (nSPS) is 16.5. The van der Waals surface area contributed by atoms with Crippen LogP contribution in [0, 0.1) is 11.3 Å². The summed E-state index contributed by atoms with van der Waals surface area (Å²) in [6.07, 6.45) is 0.698. The van der Waals surface area contributed by atoms with Crippen molar-refractivity contribution in [2.45, 2.75) is 45.8 Å². The van der Waals surface area contributed by atoms with Gasteiger partial charge in [0.15, 0.2) is 5.69 Å². The molecule has 0 amide bonds. The third-order valence-electron chi connectivity index (χ3n) is 5.37. The van der Waals surface area contributed by atoms with Gasteiger partial charge in [0.25, 0.3) is 0 Å². The number of carbonyl (C=O) groups excluding carboxylic acids is 2. The third-order valence-corrected chi connectivity index (χ3v) is 5.37. The predicted octanol–water partition coefficient (Wildman–Crippen LogP) is 3.03. The van der Waals surface area contributed by atoms with Gasteiger partial charge in [-0.2, -0.15) is 5.26 Å². The molecule has 0 radical (unpaired) electrons. The average molecular weight is 422 g/mol. The maximum absolute atomic E-state index is 12.1. The van der Waals surface area contributed by atoms with Crippen LogP contribution in [0.4, 0.5) is 0 Å². The first-order valence-electron chi connectivity index (χ1n) is 9.82. The highest BCUT2D eigenvalue weighted by atomic mass is 16.7. The van der Waals surface area contributed by atoms with E-state index in [1.54, 1.807) is 19.1 Å². The minimum absolute atomic E-state index is 0.0792. The van der Waals surface area contributed by atoms with Crippen LogP contribution in [0.1, 0.15) is 61.0 Å². The molecule has 0 atom stereocenters. The van der Waals surface area contributed by atoms with Gasteiger partial charge in [0.1, 0.15) is 18.1 Å². The van der Waals surface area contributed by atoms with Crippen molar-refractivity contribution in [2.24, 2.45) is 0 Å². The number of pyridine rings is 1. The summed E-state index contributed by atoms with van der Waals surface area (Å²) >= 11 is 0. The van der Waals surface area contributed by atoms with Gasteiger partial charge in [0.05, 0.1) is 23.4 Å². The van der Waals surface area contributed by atoms with Gasteiger partial charge in [-0.3, -0.25) is 4.79 Å². The van der Waals surface area contributed by atoms with E-state index in [2.05, 4.69) is 4.98 Å². The van der Waals surface area contributed by atoms with Crippen LogP contribution >= 0.6 is 0 Å². The van der Waals surface area contributed by atoms with E-state index in [9.17, 15) is 14.9 Å². The predicted molar refractivity (Wildman–Crippen MR) is 113 cm³/mol. The molecular formula is C22H23BN2O6. The lowest BCUT2D eigenvalue weighted by Crippen LogP contribution is -2.41. The molecule has 1 aromatic carbocycles. The molecule has 1 saturated heterocycles. The second-order valence-corrected chi connectivity index (χ2v) is 7.98. The Labute approximate surface area is 181 Å². The van der Waals surface area contributed by atoms with Crippen LogP contribution < -0.4 is 10.2 Å². The van der Waals surface area contributed by atoms with E-state index in [0.717, 1.165) is 0 Å². The molecule has 31 heavy (non-hydrogen) atoms. The number of aromatic nitrogens is 1. The Morgan fingerprint density at radius 3 is 2.45 bits per heavy atom. The van der Waals surface area contributed by atoms with Gasteiger partial charge in [0.2, 0.25) is 5.88 Å². The Morgan fingerprint density at radius 2 is 1.87 bits per heavy atom. The summed E-state index contributed by atoms with van der Waals surface area (Å²) in [5, 5.41) is 9.19. The van der Waals surface area contributed by atoms with Gasteiger partial charge < -0.3 is 18.8 Å². The maximum atomic E-state index is 12.1. The van der Waals surface area contributed by atoms with E-state index in [0.29, 0.717) is 23.1 Å². The monoisotopic (exact) mass is 422 g/mol. The van der Waals surface area contributed by atoms with E-state index in [4.69, 9.17) is 18.8 Å². The zero-order chi connectivity index (χ0) is 22.8. The number of esters is 1. The Morgan fingerprint density at radius 1 is 1.19 bits per heavy atom. The molecular weight excluding hydrogens is 399 g/mol. The number of carbonyl (C=O) groups is 2. The first-order chi connectivity index (χ1) is 14.6. The Balaban J connectivity index is 1.88. The summed E-state index contributed by atoms with van der Waals surface area (Å²) in [6, 6.07) is 9.67. The van der Waals surface area contributed by atoms with Crippen LogP contribution in [0.25, 0.3) is 0 Å². The largest absolute Gasteiger partial charge is 0.495 e. The van der Waals surface area contributed by atoms with E-state index >= 15 is 0 Å². The standard InChI is InChI=1S/C22H23BN2O6/c1-6-28-20(27)19-14(12-24)7-10-18(25-19)29-16-8-9-17(15(11-16)13-26)23-30-21(2,3)22(4,5)31-23/h7-11,13H,6H2,1-5H3. The topological polar surface area (TPSA) is 108 Å². The number of rotatable bonds is 6. The molecule has 0 bridgehead atoms. The van der Waals surface area contributed by atoms with E-state index in [-0.39, 0.29) is 23.7 Å². The number of hydrogen-bond donors (Lipinski definition) is 0. The summed E-state index contributed by atoms with van der Waals surface area (Å²) in [4.78, 5) is 27.9. The fraction of sp³-hybridized carbons (Fsp3) is 0.364. The van der Waals surface area contributed by atoms with Gasteiger partial charge in [-0.15, -0.1) is 0 Å². The van der Waals surface area contributed by atoms with Crippen LogP contribution in [0.3, 0.4) is 0 Å². The van der Waals surface area contributed by atoms with E-state index in [1.807, 2.05) is 33.8 Å². The number of benzene rings is 1. The fourth-order valence-electron chi connectivity index (χ4n) is 2.97. The summed E-state index contributed by atoms with van der Waals surface area (Å²) < 4.78 is 22.7. The Kier molecular flexibility index (Phi) is 6.16. The molecule has 9 heteroatoms. The average Bonchev–Trinajstić information content (AvgIpc) is 2.94. The minimum atomic E-state index is -0.714. The van der Waals surface area contributed by atoms with Crippen LogP contribution in [0.5, 0.6) is 11.6 Å². The summed E-state index contributed by atoms with van der Waals surface area (Å²) in [5.41, 5.74) is -0.204. The molecule has 3 rings (SSSR count). The Hall–Kier alpha value is -3.22. The molecule has 1 fully saturated rings. The highest BCUT2D eigenvalue weighted by molar-refractivity contribution is 6.63. The van der Waals surface area contributed by atoms with Crippen molar-refractivity contribution in [1.29, 1.82) is 5.26 Å². The second-order valence-electron chi connectivity index (χ2n) is 7.98. The van der Waals surface area contributed by atoms with Gasteiger partial charge in [-0.05, 0) is 58.3 Å². The third kappa shape index (κ3) is 4.45. The number of hydrogen-bond acceptors (Lipinski definition) is 8. The SMILES string of the molecule is CCOC(=O)c1nc(Oc2ccc(B3OC(C)(C)C(C)(C)O3)c(C=O)c2)ccc1C#N. The van der Waals surface area contributed by atoms with Crippen molar-refractivity contribution in [3.63, 3.8) is 0 Å². The second kappa shape index (κ2) is 8.50. The lowest BCUT2D eigenvalue weighted by Gasteiger charge is -2.32. The van der Waals surface area contributed by atoms with Crippen LogP contribution in [-0.4, -0.2) is 42.2 Å². The zero-order valence-corrected chi connectivity index (χ0v) is 18.1. The number of nitriles is 1. The van der Waals surface area contributed by atoms with Crippen molar-refractivity contribution in [1.82, 2.24) is 4.98 Å². The molecule has 2 aromatic rings. The van der Waals surface area contributed by atoms with Crippen molar-refractivity contribution < 1.29 is 28.4 Å². The molecule has 0 saturated carbocycles. The molecule has 0 spiro atoms. The van der Waals surface area contributed by atoms with Gasteiger partial charge in [-0.25, -0.2) is 9.78 Å². The summed E-state index contributed by atoms with van der Waals surface area (Å²) in [5.74, 6) is -0.300. The Bertz CT molecular complexity index is 1040. The maximum Gasteiger partial charge on any atom is 0.495 e. The van der Waals surface area contributed by atoms with Crippen molar-refractivity contribution in [2.75, 3.05) is 6.61 Å². The fourth-order valence-corrected chi connectivity index (χ4v) is 2.97. The number of ether oxygens (including phenoxy) is 2. The first-order valence-corrected chi connectivity index (χ1v) is 9.82. The van der Waals surface area contributed by atoms with E-state index in [1.165, 1.54) is 18.2 Å². The molecule has 0 aliphatic carbocycles. The molecule has 2 heterocycles. The van der Waals surface area contributed by atoms with E-state index < -0.39 is 24.3 Å². The highest BCUT2D eigenvalue weighted by Gasteiger charge is 2.52. The minimum Gasteiger partial charge on any atom is -0.461 e. The van der Waals surface area contributed by atoms with Crippen molar-refractivity contribution >= 4 is 24.8 Å². The first kappa shape index (κ1) is 22.5. The van der Waals surface area contributed by atoms with Gasteiger partial charge in [-0.1, -0.05) is 6.07 Å². The van der Waals surface area contributed by atoms with Gasteiger partial charge in [0, 0.05) is 11.6 Å². The zero-order valence-electron chi connectivity index (χ0n) is 18.1. The van der Waals surface area contributed by atoms with Crippen LogP contribution in [0.15, 0.2) is 30.3 Å². The molecule has 1 aromatic heterocycles. The van der Waals surface area contributed by atoms with Crippen LogP contribution in [-0.2, 0) is 14.0 Å². The number of nitrogens with zero attached hydrogens (tertiary/aromatic N) is 2. The summed E-state index contributed by atoms with van der Waals surface area (Å²) in [7, 11) is -0.692. The number of aldehydes is 1. The molecule has 8 nitrogen and oxygen atoms in total. The van der Waals surface area contributed by atoms with Crippen molar-refractivity contribution in [3.05, 3.63) is 47.2 Å². The molecule has 0 N–H and O–H groups in total. The highest BCUT2D eigenvalue weighted by Crippen LogP contribution is 2.37. The van der Waals surface area contributed by atoms with Crippen molar-refractivity contribution in [3.8, 4) is 17.7 Å². The molecule has 0 unspecified atom stereocenters. The molecule has 160 valence electrons. The summed E-state index contributed by atoms with van der Waals surface area (Å²) in [6.45, 7) is 9.55. The lowest BCUT2D eigenvalue weighted by molar-refractivity contribution is 0.00578. The van der Waals surface area contributed by atoms with Gasteiger partial charge >= 0.3 is 13.1 Å². The molecule has 1 aliphatic heterocycles. The smallest absolute Gasteiger partial charge is 0.461 e. The molecule has 1 aliphatic rings. The lowest BCUT2D eigenvalue weighted by atomic mass is 9.76.